The van der Waals surface area contributed by atoms with Crippen LogP contribution in [0.4, 0.5) is 0 Å². The number of nitrogens with zero attached hydrogens (tertiary/aromatic N) is 3. The number of rotatable bonds is 3. The van der Waals surface area contributed by atoms with E-state index in [1.165, 1.54) is 11.8 Å². The molecule has 84 valence electrons. The van der Waals surface area contributed by atoms with Crippen molar-refractivity contribution in [3.05, 3.63) is 34.6 Å². The monoisotopic (exact) mass is 299 g/mol. The summed E-state index contributed by atoms with van der Waals surface area (Å²) in [5.41, 5.74) is 0.885. The van der Waals surface area contributed by atoms with Gasteiger partial charge in [0.1, 0.15) is 6.33 Å². The lowest BCUT2D eigenvalue weighted by Gasteiger charge is -2.06. The zero-order chi connectivity index (χ0) is 11.5. The summed E-state index contributed by atoms with van der Waals surface area (Å²) < 4.78 is 2.82. The highest BCUT2D eigenvalue weighted by atomic mass is 79.9. The Hall–Kier alpha value is -0.850. The maximum absolute atomic E-state index is 9.24. The van der Waals surface area contributed by atoms with Gasteiger partial charge in [-0.25, -0.2) is 0 Å². The van der Waals surface area contributed by atoms with Crippen molar-refractivity contribution < 1.29 is 5.11 Å². The third-order valence-electron chi connectivity index (χ3n) is 2.07. The molecule has 2 aromatic rings. The van der Waals surface area contributed by atoms with Crippen LogP contribution in [-0.2, 0) is 13.7 Å². The first kappa shape index (κ1) is 11.6. The summed E-state index contributed by atoms with van der Waals surface area (Å²) in [6, 6.07) is 5.76. The summed E-state index contributed by atoms with van der Waals surface area (Å²) in [4.78, 5) is 0.980. The van der Waals surface area contributed by atoms with Crippen LogP contribution in [0.1, 0.15) is 5.56 Å². The number of aryl methyl sites for hydroxylation is 1. The average molecular weight is 300 g/mol. The van der Waals surface area contributed by atoms with Gasteiger partial charge in [0, 0.05) is 16.4 Å². The molecule has 16 heavy (non-hydrogen) atoms. The molecule has 0 aliphatic carbocycles. The number of hydrogen-bond acceptors (Lipinski definition) is 4. The van der Waals surface area contributed by atoms with E-state index >= 15 is 0 Å². The van der Waals surface area contributed by atoms with E-state index in [0.29, 0.717) is 0 Å². The second-order valence-corrected chi connectivity index (χ2v) is 5.16. The molecule has 1 aromatic carbocycles. The summed E-state index contributed by atoms with van der Waals surface area (Å²) in [6.07, 6.45) is 1.65. The van der Waals surface area contributed by atoms with Crippen molar-refractivity contribution in [3.8, 4) is 0 Å². The number of aliphatic hydroxyl groups is 1. The molecule has 0 atom stereocenters. The Morgan fingerprint density at radius 3 is 2.94 bits per heavy atom. The Morgan fingerprint density at radius 1 is 1.50 bits per heavy atom. The molecule has 0 spiro atoms. The van der Waals surface area contributed by atoms with Gasteiger partial charge >= 0.3 is 0 Å². The number of hydrogen-bond donors (Lipinski definition) is 1. The van der Waals surface area contributed by atoms with Gasteiger partial charge in [0.05, 0.1) is 6.61 Å². The Kier molecular flexibility index (Phi) is 3.63. The summed E-state index contributed by atoms with van der Waals surface area (Å²) in [5.74, 6) is 0. The van der Waals surface area contributed by atoms with Crippen molar-refractivity contribution in [2.45, 2.75) is 16.7 Å². The van der Waals surface area contributed by atoms with Crippen molar-refractivity contribution >= 4 is 27.7 Å². The number of benzene rings is 1. The Labute approximate surface area is 106 Å². The first-order chi connectivity index (χ1) is 7.70. The molecule has 0 saturated heterocycles. The molecular formula is C10H10BrN3OS. The quantitative estimate of drug-likeness (QED) is 0.944. The lowest BCUT2D eigenvalue weighted by molar-refractivity contribution is 0.279. The molecule has 0 fully saturated rings. The minimum Gasteiger partial charge on any atom is -0.392 e. The van der Waals surface area contributed by atoms with Gasteiger partial charge in [-0.15, -0.1) is 10.2 Å². The van der Waals surface area contributed by atoms with Crippen LogP contribution >= 0.6 is 27.7 Å². The van der Waals surface area contributed by atoms with Crippen molar-refractivity contribution in [1.82, 2.24) is 14.8 Å². The average Bonchev–Trinajstić information content (AvgIpc) is 2.65. The van der Waals surface area contributed by atoms with Crippen LogP contribution in [0.3, 0.4) is 0 Å². The van der Waals surface area contributed by atoms with Crippen molar-refractivity contribution in [2.24, 2.45) is 7.05 Å². The van der Waals surface area contributed by atoms with Crippen molar-refractivity contribution in [2.75, 3.05) is 0 Å². The fourth-order valence-corrected chi connectivity index (χ4v) is 2.66. The molecule has 0 saturated carbocycles. The topological polar surface area (TPSA) is 50.9 Å². The van der Waals surface area contributed by atoms with E-state index < -0.39 is 0 Å². The molecule has 1 aromatic heterocycles. The predicted molar refractivity (Wildman–Crippen MR) is 65.2 cm³/mol. The van der Waals surface area contributed by atoms with E-state index in [4.69, 9.17) is 0 Å². The van der Waals surface area contributed by atoms with E-state index in [-0.39, 0.29) is 6.61 Å². The Balaban J connectivity index is 2.33. The second-order valence-electron chi connectivity index (χ2n) is 3.24. The molecule has 2 rings (SSSR count). The van der Waals surface area contributed by atoms with Crippen LogP contribution in [0.15, 0.2) is 39.1 Å². The molecule has 1 heterocycles. The van der Waals surface area contributed by atoms with Crippen LogP contribution in [0.2, 0.25) is 0 Å². The number of halogens is 1. The van der Waals surface area contributed by atoms with Crippen LogP contribution in [0.25, 0.3) is 0 Å². The van der Waals surface area contributed by atoms with E-state index in [2.05, 4.69) is 26.1 Å². The van der Waals surface area contributed by atoms with E-state index in [9.17, 15) is 5.11 Å². The molecular weight excluding hydrogens is 290 g/mol. The van der Waals surface area contributed by atoms with Gasteiger partial charge in [-0.2, -0.15) is 0 Å². The fraction of sp³-hybridized carbons (Fsp3) is 0.200. The van der Waals surface area contributed by atoms with Crippen LogP contribution < -0.4 is 0 Å². The molecule has 0 amide bonds. The largest absolute Gasteiger partial charge is 0.392 e. The first-order valence-electron chi connectivity index (χ1n) is 4.62. The SMILES string of the molecule is Cn1cnnc1Sc1cc(Br)ccc1CO. The zero-order valence-corrected chi connectivity index (χ0v) is 11.0. The van der Waals surface area contributed by atoms with Gasteiger partial charge < -0.3 is 9.67 Å². The molecule has 0 unspecified atom stereocenters. The highest BCUT2D eigenvalue weighted by molar-refractivity contribution is 9.10. The lowest BCUT2D eigenvalue weighted by atomic mass is 10.2. The number of aliphatic hydroxyl groups excluding tert-OH is 1. The normalized spacial score (nSPS) is 10.7. The maximum atomic E-state index is 9.24. The van der Waals surface area contributed by atoms with Gasteiger partial charge in [0.25, 0.3) is 0 Å². The summed E-state index contributed by atoms with van der Waals surface area (Å²) in [7, 11) is 1.89. The maximum Gasteiger partial charge on any atom is 0.195 e. The van der Waals surface area contributed by atoms with Gasteiger partial charge in [-0.05, 0) is 29.5 Å². The molecule has 0 radical (unpaired) electrons. The molecule has 4 nitrogen and oxygen atoms in total. The highest BCUT2D eigenvalue weighted by Gasteiger charge is 2.08. The fourth-order valence-electron chi connectivity index (χ4n) is 1.22. The van der Waals surface area contributed by atoms with Crippen molar-refractivity contribution in [3.63, 3.8) is 0 Å². The molecule has 6 heteroatoms. The lowest BCUT2D eigenvalue weighted by Crippen LogP contribution is -1.92. The first-order valence-corrected chi connectivity index (χ1v) is 6.23. The standard InChI is InChI=1S/C10H10BrN3OS/c1-14-6-12-13-10(14)16-9-4-8(11)3-2-7(9)5-15/h2-4,6,15H,5H2,1H3. The third-order valence-corrected chi connectivity index (χ3v) is 3.72. The van der Waals surface area contributed by atoms with Gasteiger partial charge in [-0.1, -0.05) is 22.0 Å². The van der Waals surface area contributed by atoms with E-state index in [1.54, 1.807) is 6.33 Å². The highest BCUT2D eigenvalue weighted by Crippen LogP contribution is 2.31. The van der Waals surface area contributed by atoms with E-state index in [0.717, 1.165) is 20.1 Å². The molecule has 0 aliphatic rings. The van der Waals surface area contributed by atoms with Crippen LogP contribution in [0.5, 0.6) is 0 Å². The summed E-state index contributed by atoms with van der Waals surface area (Å²) >= 11 is 4.90. The minimum absolute atomic E-state index is 0.0213. The summed E-state index contributed by atoms with van der Waals surface area (Å²) in [6.45, 7) is 0.0213. The number of aromatic nitrogens is 3. The Bertz CT molecular complexity index is 501. The Morgan fingerprint density at radius 2 is 2.31 bits per heavy atom. The minimum atomic E-state index is 0.0213. The molecule has 1 N–H and O–H groups in total. The molecule has 0 bridgehead atoms. The smallest absolute Gasteiger partial charge is 0.195 e. The third kappa shape index (κ3) is 2.45. The van der Waals surface area contributed by atoms with Gasteiger partial charge in [0.2, 0.25) is 0 Å². The zero-order valence-electron chi connectivity index (χ0n) is 8.59. The second kappa shape index (κ2) is 4.99. The van der Waals surface area contributed by atoms with Gasteiger partial charge in [-0.3, -0.25) is 0 Å². The van der Waals surface area contributed by atoms with Gasteiger partial charge in [0.15, 0.2) is 5.16 Å². The predicted octanol–water partition coefficient (Wildman–Crippen LogP) is 2.22. The van der Waals surface area contributed by atoms with Crippen LogP contribution in [0, 0.1) is 0 Å². The van der Waals surface area contributed by atoms with E-state index in [1.807, 2.05) is 29.8 Å². The summed E-state index contributed by atoms with van der Waals surface area (Å²) in [5, 5.41) is 17.8. The van der Waals surface area contributed by atoms with Crippen LogP contribution in [-0.4, -0.2) is 19.9 Å². The van der Waals surface area contributed by atoms with Crippen molar-refractivity contribution in [1.29, 1.82) is 0 Å². The molecule has 0 aliphatic heterocycles.